The third-order valence-electron chi connectivity index (χ3n) is 5.09. The van der Waals surface area contributed by atoms with Gasteiger partial charge in [-0.2, -0.15) is 0 Å². The number of hydrogen-bond donors (Lipinski definition) is 1. The van der Waals surface area contributed by atoms with Crippen molar-refractivity contribution >= 4 is 18.0 Å². The first-order chi connectivity index (χ1) is 15.5. The minimum atomic E-state index is -0.918. The van der Waals surface area contributed by atoms with E-state index < -0.39 is 18.1 Å². The van der Waals surface area contributed by atoms with Crippen LogP contribution in [0, 0.1) is 12.8 Å². The molecule has 0 fully saturated rings. The highest BCUT2D eigenvalue weighted by Crippen LogP contribution is 2.27. The number of benzene rings is 2. The van der Waals surface area contributed by atoms with Crippen molar-refractivity contribution in [3.05, 3.63) is 65.2 Å². The lowest BCUT2D eigenvalue weighted by Crippen LogP contribution is -2.30. The van der Waals surface area contributed by atoms with Crippen molar-refractivity contribution in [2.45, 2.75) is 39.8 Å². The number of ether oxygens (including phenoxy) is 1. The van der Waals surface area contributed by atoms with Gasteiger partial charge in [-0.3, -0.25) is 9.69 Å². The predicted octanol–water partition coefficient (Wildman–Crippen LogP) is 4.35. The molecule has 0 saturated carbocycles. The number of hydrogen-bond acceptors (Lipinski definition) is 7. The highest BCUT2D eigenvalue weighted by atomic mass is 16.7. The molecule has 1 N–H and O–H groups in total. The van der Waals surface area contributed by atoms with Gasteiger partial charge in [0.05, 0.1) is 5.71 Å². The van der Waals surface area contributed by atoms with E-state index in [1.807, 2.05) is 68.1 Å². The molecule has 0 aliphatic carbocycles. The molecule has 2 unspecified atom stereocenters. The van der Waals surface area contributed by atoms with Gasteiger partial charge in [-0.05, 0) is 44.4 Å². The van der Waals surface area contributed by atoms with Gasteiger partial charge in [0, 0.05) is 5.56 Å². The van der Waals surface area contributed by atoms with E-state index in [0.29, 0.717) is 37.6 Å². The first-order valence-corrected chi connectivity index (χ1v) is 10.7. The number of carboxylic acid groups (broad SMARTS) is 1. The number of nitrogens with zero attached hydrogens (tertiary/aromatic N) is 3. The van der Waals surface area contributed by atoms with E-state index in [4.69, 9.17) is 14.4 Å². The number of carbonyl (C=O) groups is 1. The molecule has 170 valence electrons. The van der Waals surface area contributed by atoms with Gasteiger partial charge in [0.15, 0.2) is 6.73 Å². The second-order valence-corrected chi connectivity index (χ2v) is 7.47. The number of oxime groups is 2. The van der Waals surface area contributed by atoms with Gasteiger partial charge in [0.1, 0.15) is 24.6 Å². The molecule has 0 aromatic heterocycles. The van der Waals surface area contributed by atoms with Crippen LogP contribution in [0.4, 0.5) is 0 Å². The molecule has 8 nitrogen and oxygen atoms in total. The van der Waals surface area contributed by atoms with Gasteiger partial charge in [-0.15, -0.1) is 0 Å². The lowest BCUT2D eigenvalue weighted by molar-refractivity contribution is -0.139. The van der Waals surface area contributed by atoms with Crippen LogP contribution in [-0.2, 0) is 20.9 Å². The summed E-state index contributed by atoms with van der Waals surface area (Å²) >= 11 is 0. The zero-order chi connectivity index (χ0) is 22.9. The van der Waals surface area contributed by atoms with E-state index in [2.05, 4.69) is 16.4 Å². The van der Waals surface area contributed by atoms with Crippen molar-refractivity contribution in [1.29, 1.82) is 0 Å². The molecule has 3 rings (SSSR count). The van der Waals surface area contributed by atoms with Gasteiger partial charge in [-0.1, -0.05) is 59.2 Å². The summed E-state index contributed by atoms with van der Waals surface area (Å²) in [5.41, 5.74) is 3.51. The van der Waals surface area contributed by atoms with Crippen molar-refractivity contribution in [2.75, 3.05) is 13.3 Å². The maximum absolute atomic E-state index is 11.8. The third kappa shape index (κ3) is 6.00. The molecule has 0 bridgehead atoms. The zero-order valence-electron chi connectivity index (χ0n) is 18.6. The van der Waals surface area contributed by atoms with E-state index in [9.17, 15) is 9.90 Å². The van der Waals surface area contributed by atoms with Crippen LogP contribution in [0.3, 0.4) is 0 Å². The Bertz CT molecular complexity index is 958. The number of aliphatic carboxylic acids is 1. The van der Waals surface area contributed by atoms with Crippen molar-refractivity contribution in [3.8, 4) is 5.75 Å². The quantitative estimate of drug-likeness (QED) is 0.413. The second kappa shape index (κ2) is 11.2. The summed E-state index contributed by atoms with van der Waals surface area (Å²) in [5.74, 6) is -0.999. The molecule has 2 aromatic rings. The van der Waals surface area contributed by atoms with Gasteiger partial charge >= 0.3 is 5.97 Å². The predicted molar refractivity (Wildman–Crippen MR) is 121 cm³/mol. The molecule has 1 aliphatic heterocycles. The minimum Gasteiger partial charge on any atom is -0.481 e. The van der Waals surface area contributed by atoms with Gasteiger partial charge in [0.25, 0.3) is 0 Å². The fourth-order valence-electron chi connectivity index (χ4n) is 3.44. The van der Waals surface area contributed by atoms with Crippen LogP contribution >= 0.6 is 0 Å². The number of carboxylic acids is 1. The maximum atomic E-state index is 11.8. The SMILES string of the molecule is CCO/N=C(\CC)C(Cc1ccc(OC(c2cccc(C)c2)N2C=NOC2)cc1)C(=O)O. The molecule has 2 atom stereocenters. The molecule has 0 spiro atoms. The van der Waals surface area contributed by atoms with Crippen LogP contribution in [0.1, 0.15) is 43.2 Å². The largest absolute Gasteiger partial charge is 0.481 e. The third-order valence-corrected chi connectivity index (χ3v) is 5.09. The maximum Gasteiger partial charge on any atom is 0.312 e. The molecule has 2 aromatic carbocycles. The smallest absolute Gasteiger partial charge is 0.312 e. The van der Waals surface area contributed by atoms with Crippen LogP contribution in [0.5, 0.6) is 5.75 Å². The summed E-state index contributed by atoms with van der Waals surface area (Å²) in [5, 5.41) is 17.5. The Labute approximate surface area is 188 Å². The Hall–Kier alpha value is -3.55. The van der Waals surface area contributed by atoms with Crippen LogP contribution in [0.2, 0.25) is 0 Å². The highest BCUT2D eigenvalue weighted by molar-refractivity contribution is 6.01. The molecule has 32 heavy (non-hydrogen) atoms. The Morgan fingerprint density at radius 1 is 1.25 bits per heavy atom. The van der Waals surface area contributed by atoms with Crippen molar-refractivity contribution in [1.82, 2.24) is 4.90 Å². The summed E-state index contributed by atoms with van der Waals surface area (Å²) in [6.45, 7) is 6.42. The summed E-state index contributed by atoms with van der Waals surface area (Å²) in [4.78, 5) is 23.9. The molecule has 0 radical (unpaired) electrons. The minimum absolute atomic E-state index is 0.302. The summed E-state index contributed by atoms with van der Waals surface area (Å²) < 4.78 is 6.26. The van der Waals surface area contributed by atoms with Gasteiger partial charge < -0.3 is 19.5 Å². The van der Waals surface area contributed by atoms with E-state index in [1.165, 1.54) is 0 Å². The molecular formula is C24H29N3O5. The lowest BCUT2D eigenvalue weighted by atomic mass is 9.93. The molecule has 1 heterocycles. The lowest BCUT2D eigenvalue weighted by Gasteiger charge is -2.26. The Balaban J connectivity index is 1.76. The summed E-state index contributed by atoms with van der Waals surface area (Å²) in [6.07, 6.45) is 2.05. The van der Waals surface area contributed by atoms with E-state index in [1.54, 1.807) is 6.34 Å². The fourth-order valence-corrected chi connectivity index (χ4v) is 3.44. The van der Waals surface area contributed by atoms with Crippen molar-refractivity contribution < 1.29 is 24.3 Å². The Morgan fingerprint density at radius 3 is 2.62 bits per heavy atom. The summed E-state index contributed by atoms with van der Waals surface area (Å²) in [6, 6.07) is 15.5. The topological polar surface area (TPSA) is 93.0 Å². The standard InChI is InChI=1S/C24H29N3O5/c1-4-22(26-30-5-2)21(24(28)29)14-18-9-11-20(12-10-18)32-23(27-15-25-31-16-27)19-8-6-7-17(3)13-19/h6-13,15,21,23H,4-5,14,16H2,1-3H3,(H,28,29)/b26-22+. The number of aryl methyl sites for hydroxylation is 1. The normalized spacial score (nSPS) is 15.2. The fraction of sp³-hybridized carbons (Fsp3) is 0.375. The molecule has 0 amide bonds. The van der Waals surface area contributed by atoms with Crippen LogP contribution in [0.25, 0.3) is 0 Å². The van der Waals surface area contributed by atoms with Crippen molar-refractivity contribution in [3.63, 3.8) is 0 Å². The first kappa shape index (κ1) is 23.1. The molecule has 0 saturated heterocycles. The molecule has 8 heteroatoms. The van der Waals surface area contributed by atoms with Crippen LogP contribution in [-0.4, -0.2) is 41.4 Å². The Kier molecular flexibility index (Phi) is 8.08. The summed E-state index contributed by atoms with van der Waals surface area (Å²) in [7, 11) is 0. The Morgan fingerprint density at radius 2 is 2.03 bits per heavy atom. The molecular weight excluding hydrogens is 410 g/mol. The van der Waals surface area contributed by atoms with E-state index in [-0.39, 0.29) is 0 Å². The monoisotopic (exact) mass is 439 g/mol. The zero-order valence-corrected chi connectivity index (χ0v) is 18.6. The average Bonchev–Trinajstić information content (AvgIpc) is 3.32. The second-order valence-electron chi connectivity index (χ2n) is 7.47. The van der Waals surface area contributed by atoms with E-state index >= 15 is 0 Å². The van der Waals surface area contributed by atoms with Gasteiger partial charge in [0.2, 0.25) is 6.23 Å². The molecule has 1 aliphatic rings. The van der Waals surface area contributed by atoms with Crippen LogP contribution in [0.15, 0.2) is 58.8 Å². The number of rotatable bonds is 11. The highest BCUT2D eigenvalue weighted by Gasteiger charge is 2.25. The van der Waals surface area contributed by atoms with Gasteiger partial charge in [-0.25, -0.2) is 0 Å². The van der Waals surface area contributed by atoms with Crippen LogP contribution < -0.4 is 4.74 Å². The average molecular weight is 440 g/mol. The first-order valence-electron chi connectivity index (χ1n) is 10.7. The van der Waals surface area contributed by atoms with Crippen molar-refractivity contribution in [2.24, 2.45) is 16.2 Å². The van der Waals surface area contributed by atoms with E-state index in [0.717, 1.165) is 16.7 Å².